The fourth-order valence-corrected chi connectivity index (χ4v) is 3.66. The van der Waals surface area contributed by atoms with Gasteiger partial charge < -0.3 is 5.32 Å². The molecule has 0 aromatic heterocycles. The molecule has 0 saturated heterocycles. The molecule has 3 unspecified atom stereocenters. The lowest BCUT2D eigenvalue weighted by molar-refractivity contribution is 0.165. The first-order valence-electron chi connectivity index (χ1n) is 6.25. The Morgan fingerprint density at radius 3 is 2.40 bits per heavy atom. The van der Waals surface area contributed by atoms with E-state index in [9.17, 15) is 0 Å². The summed E-state index contributed by atoms with van der Waals surface area (Å²) in [6, 6.07) is 0.753. The van der Waals surface area contributed by atoms with Crippen LogP contribution in [0.1, 0.15) is 47.0 Å². The van der Waals surface area contributed by atoms with Crippen LogP contribution in [0.3, 0.4) is 0 Å². The molecule has 0 aromatic carbocycles. The molecule has 0 heterocycles. The van der Waals surface area contributed by atoms with Crippen molar-refractivity contribution >= 4 is 11.8 Å². The molecule has 0 aliphatic heterocycles. The van der Waals surface area contributed by atoms with E-state index in [1.807, 2.05) is 0 Å². The maximum absolute atomic E-state index is 3.64. The summed E-state index contributed by atoms with van der Waals surface area (Å²) in [5, 5.41) is 4.46. The van der Waals surface area contributed by atoms with Gasteiger partial charge in [0.25, 0.3) is 0 Å². The van der Waals surface area contributed by atoms with Gasteiger partial charge in [-0.1, -0.05) is 27.7 Å². The van der Waals surface area contributed by atoms with Crippen LogP contribution < -0.4 is 5.32 Å². The van der Waals surface area contributed by atoms with Crippen molar-refractivity contribution in [3.8, 4) is 0 Å². The van der Waals surface area contributed by atoms with E-state index in [0.717, 1.165) is 23.8 Å². The first-order chi connectivity index (χ1) is 6.99. The summed E-state index contributed by atoms with van der Waals surface area (Å²) >= 11 is 2.05. The van der Waals surface area contributed by atoms with Gasteiger partial charge in [0.2, 0.25) is 0 Å². The van der Waals surface area contributed by atoms with Crippen LogP contribution >= 0.6 is 11.8 Å². The molecule has 0 spiro atoms. The van der Waals surface area contributed by atoms with Crippen molar-refractivity contribution in [3.63, 3.8) is 0 Å². The van der Waals surface area contributed by atoms with Crippen LogP contribution in [0.15, 0.2) is 0 Å². The van der Waals surface area contributed by atoms with E-state index in [0.29, 0.717) is 5.41 Å². The highest BCUT2D eigenvalue weighted by atomic mass is 32.2. The standard InChI is InChI=1S/C13H27NS/c1-6-14-11-8-7-10(13(2,3)4)9-12(11)15-5/h10-12,14H,6-9H2,1-5H3. The number of hydrogen-bond donors (Lipinski definition) is 1. The van der Waals surface area contributed by atoms with Crippen LogP contribution in [0.25, 0.3) is 0 Å². The Morgan fingerprint density at radius 1 is 1.27 bits per heavy atom. The zero-order valence-corrected chi connectivity index (χ0v) is 11.8. The predicted molar refractivity (Wildman–Crippen MR) is 71.6 cm³/mol. The summed E-state index contributed by atoms with van der Waals surface area (Å²) in [4.78, 5) is 0. The summed E-state index contributed by atoms with van der Waals surface area (Å²) in [6.45, 7) is 10.5. The topological polar surface area (TPSA) is 12.0 Å². The second kappa shape index (κ2) is 5.58. The molecule has 1 aliphatic carbocycles. The van der Waals surface area contributed by atoms with Gasteiger partial charge in [0.15, 0.2) is 0 Å². The first kappa shape index (κ1) is 13.4. The third-order valence-corrected chi connectivity index (χ3v) is 4.91. The van der Waals surface area contributed by atoms with E-state index < -0.39 is 0 Å². The van der Waals surface area contributed by atoms with E-state index in [-0.39, 0.29) is 0 Å². The molecule has 1 N–H and O–H groups in total. The van der Waals surface area contributed by atoms with Gasteiger partial charge >= 0.3 is 0 Å². The molecule has 1 fully saturated rings. The van der Waals surface area contributed by atoms with Gasteiger partial charge in [0.05, 0.1) is 0 Å². The minimum atomic E-state index is 0.491. The first-order valence-corrected chi connectivity index (χ1v) is 7.54. The van der Waals surface area contributed by atoms with Gasteiger partial charge in [-0.15, -0.1) is 0 Å². The van der Waals surface area contributed by atoms with E-state index in [2.05, 4.69) is 51.0 Å². The number of nitrogens with one attached hydrogen (secondary N) is 1. The van der Waals surface area contributed by atoms with E-state index >= 15 is 0 Å². The van der Waals surface area contributed by atoms with Crippen molar-refractivity contribution in [3.05, 3.63) is 0 Å². The average molecular weight is 229 g/mol. The second-order valence-corrected chi connectivity index (χ2v) is 6.89. The summed E-state index contributed by atoms with van der Waals surface area (Å²) in [7, 11) is 0. The van der Waals surface area contributed by atoms with Gasteiger partial charge in [-0.25, -0.2) is 0 Å². The second-order valence-electron chi connectivity index (χ2n) is 5.81. The Morgan fingerprint density at radius 2 is 1.93 bits per heavy atom. The number of hydrogen-bond acceptors (Lipinski definition) is 2. The molecular formula is C13H27NS. The van der Waals surface area contributed by atoms with Crippen LogP contribution in [0, 0.1) is 11.3 Å². The molecule has 90 valence electrons. The van der Waals surface area contributed by atoms with Gasteiger partial charge in [0.1, 0.15) is 0 Å². The van der Waals surface area contributed by atoms with Crippen molar-refractivity contribution in [1.82, 2.24) is 5.32 Å². The third-order valence-electron chi connectivity index (χ3n) is 3.79. The maximum atomic E-state index is 3.64. The molecule has 3 atom stereocenters. The summed E-state index contributed by atoms with van der Waals surface area (Å²) in [5.74, 6) is 0.907. The minimum Gasteiger partial charge on any atom is -0.313 e. The molecule has 1 saturated carbocycles. The van der Waals surface area contributed by atoms with Crippen LogP contribution in [-0.2, 0) is 0 Å². The molecule has 1 nitrogen and oxygen atoms in total. The van der Waals surface area contributed by atoms with Crippen LogP contribution in [0.5, 0.6) is 0 Å². The van der Waals surface area contributed by atoms with E-state index in [1.54, 1.807) is 0 Å². The van der Waals surface area contributed by atoms with Crippen molar-refractivity contribution in [2.45, 2.75) is 58.2 Å². The van der Waals surface area contributed by atoms with Crippen LogP contribution in [0.4, 0.5) is 0 Å². The van der Waals surface area contributed by atoms with Gasteiger partial charge in [-0.3, -0.25) is 0 Å². The molecule has 2 heteroatoms. The Labute approximate surface area is 99.8 Å². The fraction of sp³-hybridized carbons (Fsp3) is 1.00. The lowest BCUT2D eigenvalue weighted by atomic mass is 9.71. The third kappa shape index (κ3) is 3.67. The predicted octanol–water partition coefficient (Wildman–Crippen LogP) is 3.54. The van der Waals surface area contributed by atoms with Crippen molar-refractivity contribution in [2.24, 2.45) is 11.3 Å². The highest BCUT2D eigenvalue weighted by Crippen LogP contribution is 2.40. The highest BCUT2D eigenvalue weighted by molar-refractivity contribution is 7.99. The van der Waals surface area contributed by atoms with Crippen LogP contribution in [0.2, 0.25) is 0 Å². The quantitative estimate of drug-likeness (QED) is 0.794. The smallest absolute Gasteiger partial charge is 0.0201 e. The Bertz CT molecular complexity index is 185. The SMILES string of the molecule is CCNC1CCC(C(C)(C)C)CC1SC. The number of thioether (sulfide) groups is 1. The molecule has 15 heavy (non-hydrogen) atoms. The van der Waals surface area contributed by atoms with Crippen molar-refractivity contribution in [1.29, 1.82) is 0 Å². The molecule has 0 radical (unpaired) electrons. The van der Waals surface area contributed by atoms with E-state index in [1.165, 1.54) is 19.3 Å². The van der Waals surface area contributed by atoms with Crippen molar-refractivity contribution in [2.75, 3.05) is 12.8 Å². The largest absolute Gasteiger partial charge is 0.313 e. The fourth-order valence-electron chi connectivity index (χ4n) is 2.67. The molecule has 1 aliphatic rings. The Kier molecular flexibility index (Phi) is 4.98. The normalized spacial score (nSPS) is 33.0. The zero-order chi connectivity index (χ0) is 11.5. The number of rotatable bonds is 3. The summed E-state index contributed by atoms with van der Waals surface area (Å²) in [5.41, 5.74) is 0.491. The van der Waals surface area contributed by atoms with Crippen LogP contribution in [-0.4, -0.2) is 24.1 Å². The summed E-state index contributed by atoms with van der Waals surface area (Å²) in [6.07, 6.45) is 6.42. The van der Waals surface area contributed by atoms with E-state index in [4.69, 9.17) is 0 Å². The molecular weight excluding hydrogens is 202 g/mol. The summed E-state index contributed by atoms with van der Waals surface area (Å²) < 4.78 is 0. The van der Waals surface area contributed by atoms with Gasteiger partial charge in [-0.2, -0.15) is 11.8 Å². The molecule has 0 aromatic rings. The highest BCUT2D eigenvalue weighted by Gasteiger charge is 2.34. The maximum Gasteiger partial charge on any atom is 0.0201 e. The molecule has 1 rings (SSSR count). The zero-order valence-electron chi connectivity index (χ0n) is 11.0. The Balaban J connectivity index is 2.55. The monoisotopic (exact) mass is 229 g/mol. The Hall–Kier alpha value is 0.310. The molecule has 0 bridgehead atoms. The average Bonchev–Trinajstić information content (AvgIpc) is 2.17. The van der Waals surface area contributed by atoms with Gasteiger partial charge in [-0.05, 0) is 43.4 Å². The lowest BCUT2D eigenvalue weighted by Gasteiger charge is -2.41. The minimum absolute atomic E-state index is 0.491. The lowest BCUT2D eigenvalue weighted by Crippen LogP contribution is -2.44. The van der Waals surface area contributed by atoms with Gasteiger partial charge in [0, 0.05) is 11.3 Å². The molecule has 0 amide bonds. The van der Waals surface area contributed by atoms with Crippen molar-refractivity contribution < 1.29 is 0 Å².